The second-order valence-corrected chi connectivity index (χ2v) is 6.53. The van der Waals surface area contributed by atoms with E-state index in [1.54, 1.807) is 18.0 Å². The number of hydrogen-bond acceptors (Lipinski definition) is 6. The molecule has 1 aliphatic heterocycles. The average molecular weight is 359 g/mol. The van der Waals surface area contributed by atoms with Crippen LogP contribution in [-0.4, -0.2) is 35.2 Å². The van der Waals surface area contributed by atoms with Crippen molar-refractivity contribution >= 4 is 17.7 Å². The first kappa shape index (κ1) is 17.6. The molecule has 1 aromatic carbocycles. The number of pyridine rings is 1. The van der Waals surface area contributed by atoms with E-state index < -0.39 is 0 Å². The largest absolute Gasteiger partial charge is 0.494 e. The quantitative estimate of drug-likeness (QED) is 0.792. The van der Waals surface area contributed by atoms with E-state index in [1.165, 1.54) is 0 Å². The van der Waals surface area contributed by atoms with Crippen LogP contribution in [0, 0.1) is 0 Å². The summed E-state index contributed by atoms with van der Waals surface area (Å²) >= 11 is 1.73. The Morgan fingerprint density at radius 3 is 2.84 bits per heavy atom. The third kappa shape index (κ3) is 5.11. The van der Waals surface area contributed by atoms with Crippen LogP contribution in [0.5, 0.6) is 17.4 Å². The Kier molecular flexibility index (Phi) is 6.14. The van der Waals surface area contributed by atoms with Gasteiger partial charge in [-0.2, -0.15) is 0 Å². The minimum Gasteiger partial charge on any atom is -0.494 e. The van der Waals surface area contributed by atoms with E-state index in [0.717, 1.165) is 22.9 Å². The molecule has 0 radical (unpaired) electrons. The monoisotopic (exact) mass is 359 g/mol. The minimum atomic E-state index is -0.105. The molecule has 132 valence electrons. The van der Waals surface area contributed by atoms with E-state index in [0.29, 0.717) is 24.8 Å². The SMILES string of the molecule is CCOc1ccc(Oc2cc(CNC(=O)C3CSCN3)ccn2)cc1. The number of thioether (sulfide) groups is 1. The van der Waals surface area contributed by atoms with Crippen molar-refractivity contribution in [2.45, 2.75) is 19.5 Å². The molecule has 1 aliphatic rings. The maximum Gasteiger partial charge on any atom is 0.238 e. The van der Waals surface area contributed by atoms with Gasteiger partial charge in [-0.25, -0.2) is 4.98 Å². The van der Waals surface area contributed by atoms with Crippen LogP contribution in [0.25, 0.3) is 0 Å². The van der Waals surface area contributed by atoms with Crippen molar-refractivity contribution in [2.75, 3.05) is 18.2 Å². The lowest BCUT2D eigenvalue weighted by atomic mass is 10.2. The Hall–Kier alpha value is -2.25. The van der Waals surface area contributed by atoms with Crippen LogP contribution in [0.3, 0.4) is 0 Å². The van der Waals surface area contributed by atoms with E-state index in [4.69, 9.17) is 9.47 Å². The summed E-state index contributed by atoms with van der Waals surface area (Å²) in [5.74, 6) is 3.64. The summed E-state index contributed by atoms with van der Waals surface area (Å²) in [5.41, 5.74) is 0.940. The van der Waals surface area contributed by atoms with Crippen molar-refractivity contribution in [1.29, 1.82) is 0 Å². The topological polar surface area (TPSA) is 72.5 Å². The van der Waals surface area contributed by atoms with Gasteiger partial charge < -0.3 is 14.8 Å². The van der Waals surface area contributed by atoms with Crippen molar-refractivity contribution in [1.82, 2.24) is 15.6 Å². The van der Waals surface area contributed by atoms with E-state index in [1.807, 2.05) is 43.3 Å². The standard InChI is InChI=1S/C18H21N3O3S/c1-2-23-14-3-5-15(6-4-14)24-17-9-13(7-8-19-17)10-20-18(22)16-11-25-12-21-16/h3-9,16,21H,2,10-12H2,1H3,(H,20,22). The number of amides is 1. The number of aromatic nitrogens is 1. The van der Waals surface area contributed by atoms with Gasteiger partial charge in [-0.1, -0.05) is 0 Å². The van der Waals surface area contributed by atoms with Crippen LogP contribution in [0.1, 0.15) is 12.5 Å². The number of nitrogens with one attached hydrogen (secondary N) is 2. The molecule has 1 fully saturated rings. The summed E-state index contributed by atoms with van der Waals surface area (Å²) < 4.78 is 11.2. The minimum absolute atomic E-state index is 0.0239. The Labute approximate surface area is 151 Å². The molecule has 2 N–H and O–H groups in total. The number of rotatable bonds is 7. The highest BCUT2D eigenvalue weighted by Crippen LogP contribution is 2.23. The van der Waals surface area contributed by atoms with Crippen LogP contribution in [0.2, 0.25) is 0 Å². The Morgan fingerprint density at radius 1 is 1.32 bits per heavy atom. The lowest BCUT2D eigenvalue weighted by Gasteiger charge is -2.11. The maximum absolute atomic E-state index is 12.0. The number of ether oxygens (including phenoxy) is 2. The van der Waals surface area contributed by atoms with Crippen LogP contribution < -0.4 is 20.1 Å². The number of carbonyl (C=O) groups excluding carboxylic acids is 1. The fraction of sp³-hybridized carbons (Fsp3) is 0.333. The molecule has 7 heteroatoms. The molecule has 1 amide bonds. The first-order valence-corrected chi connectivity index (χ1v) is 9.34. The highest BCUT2D eigenvalue weighted by Gasteiger charge is 2.21. The predicted octanol–water partition coefficient (Wildman–Crippen LogP) is 2.55. The molecule has 25 heavy (non-hydrogen) atoms. The first-order chi connectivity index (χ1) is 12.2. The highest BCUT2D eigenvalue weighted by atomic mass is 32.2. The molecular weight excluding hydrogens is 338 g/mol. The molecule has 1 unspecified atom stereocenters. The van der Waals surface area contributed by atoms with Crippen LogP contribution in [-0.2, 0) is 11.3 Å². The smallest absolute Gasteiger partial charge is 0.238 e. The summed E-state index contributed by atoms with van der Waals surface area (Å²) in [5, 5.41) is 6.09. The molecule has 1 atom stereocenters. The summed E-state index contributed by atoms with van der Waals surface area (Å²) in [7, 11) is 0. The van der Waals surface area contributed by atoms with Crippen molar-refractivity contribution in [3.63, 3.8) is 0 Å². The summed E-state index contributed by atoms with van der Waals surface area (Å²) in [6.45, 7) is 3.02. The molecule has 2 aromatic rings. The second-order valence-electron chi connectivity index (χ2n) is 5.50. The van der Waals surface area contributed by atoms with Gasteiger partial charge in [0.25, 0.3) is 0 Å². The summed E-state index contributed by atoms with van der Waals surface area (Å²) in [6, 6.07) is 11.0. The van der Waals surface area contributed by atoms with Gasteiger partial charge in [-0.05, 0) is 42.8 Å². The van der Waals surface area contributed by atoms with Crippen molar-refractivity contribution in [2.24, 2.45) is 0 Å². The van der Waals surface area contributed by atoms with E-state index in [2.05, 4.69) is 15.6 Å². The molecule has 3 rings (SSSR count). The van der Waals surface area contributed by atoms with Crippen LogP contribution in [0.15, 0.2) is 42.6 Å². The van der Waals surface area contributed by atoms with Gasteiger partial charge in [-0.15, -0.1) is 11.8 Å². The molecule has 1 aromatic heterocycles. The third-order valence-electron chi connectivity index (χ3n) is 3.66. The van der Waals surface area contributed by atoms with Crippen LogP contribution >= 0.6 is 11.8 Å². The van der Waals surface area contributed by atoms with Gasteiger partial charge in [0.2, 0.25) is 11.8 Å². The predicted molar refractivity (Wildman–Crippen MR) is 98.0 cm³/mol. The molecular formula is C18H21N3O3S. The zero-order valence-corrected chi connectivity index (χ0v) is 14.8. The number of carbonyl (C=O) groups is 1. The summed E-state index contributed by atoms with van der Waals surface area (Å²) in [4.78, 5) is 16.3. The van der Waals surface area contributed by atoms with Gasteiger partial charge >= 0.3 is 0 Å². The van der Waals surface area contributed by atoms with Gasteiger partial charge in [0.1, 0.15) is 11.5 Å². The van der Waals surface area contributed by atoms with Crippen LogP contribution in [0.4, 0.5) is 0 Å². The average Bonchev–Trinajstić information content (AvgIpc) is 3.17. The molecule has 0 spiro atoms. The zero-order chi connectivity index (χ0) is 17.5. The maximum atomic E-state index is 12.0. The Balaban J connectivity index is 1.56. The van der Waals surface area contributed by atoms with Gasteiger partial charge in [0.05, 0.1) is 12.6 Å². The number of benzene rings is 1. The third-order valence-corrected chi connectivity index (χ3v) is 4.60. The van der Waals surface area contributed by atoms with E-state index >= 15 is 0 Å². The molecule has 0 aliphatic carbocycles. The Bertz CT molecular complexity index is 703. The van der Waals surface area contributed by atoms with Crippen molar-refractivity contribution < 1.29 is 14.3 Å². The molecule has 1 saturated heterocycles. The fourth-order valence-corrected chi connectivity index (χ4v) is 3.33. The second kappa shape index (κ2) is 8.73. The first-order valence-electron chi connectivity index (χ1n) is 8.19. The Morgan fingerprint density at radius 2 is 2.12 bits per heavy atom. The molecule has 6 nitrogen and oxygen atoms in total. The lowest BCUT2D eigenvalue weighted by Crippen LogP contribution is -2.41. The van der Waals surface area contributed by atoms with Crippen molar-refractivity contribution in [3.8, 4) is 17.4 Å². The number of hydrogen-bond donors (Lipinski definition) is 2. The zero-order valence-electron chi connectivity index (χ0n) is 14.0. The van der Waals surface area contributed by atoms with Gasteiger partial charge in [0, 0.05) is 30.4 Å². The normalized spacial score (nSPS) is 16.4. The van der Waals surface area contributed by atoms with E-state index in [9.17, 15) is 4.79 Å². The van der Waals surface area contributed by atoms with Gasteiger partial charge in [0.15, 0.2) is 0 Å². The highest BCUT2D eigenvalue weighted by molar-refractivity contribution is 7.99. The van der Waals surface area contributed by atoms with Crippen molar-refractivity contribution in [3.05, 3.63) is 48.2 Å². The molecule has 0 bridgehead atoms. The fourth-order valence-electron chi connectivity index (χ4n) is 2.38. The lowest BCUT2D eigenvalue weighted by molar-refractivity contribution is -0.122. The number of nitrogens with zero attached hydrogens (tertiary/aromatic N) is 1. The van der Waals surface area contributed by atoms with Gasteiger partial charge in [-0.3, -0.25) is 10.1 Å². The molecule has 0 saturated carbocycles. The summed E-state index contributed by atoms with van der Waals surface area (Å²) in [6.07, 6.45) is 1.68. The van der Waals surface area contributed by atoms with E-state index in [-0.39, 0.29) is 11.9 Å². The molecule has 2 heterocycles.